The van der Waals surface area contributed by atoms with Gasteiger partial charge in [-0.1, -0.05) is 25.3 Å². The zero-order chi connectivity index (χ0) is 17.1. The molecule has 0 aliphatic rings. The second-order valence-corrected chi connectivity index (χ2v) is 5.34. The number of methoxy groups -OCH3 is 1. The topological polar surface area (TPSA) is 55.4 Å². The summed E-state index contributed by atoms with van der Waals surface area (Å²) in [6.07, 6.45) is 7.34. The molecule has 0 aliphatic carbocycles. The highest BCUT2D eigenvalue weighted by atomic mass is 19.1. The lowest BCUT2D eigenvalue weighted by atomic mass is 10.1. The number of carbonyl (C=O) groups excluding carboxylic acids is 2. The van der Waals surface area contributed by atoms with Crippen molar-refractivity contribution in [2.45, 2.75) is 44.6 Å². The van der Waals surface area contributed by atoms with E-state index in [1.807, 2.05) is 6.08 Å². The summed E-state index contributed by atoms with van der Waals surface area (Å²) in [5.74, 6) is -1.29. The van der Waals surface area contributed by atoms with Crippen molar-refractivity contribution >= 4 is 11.9 Å². The van der Waals surface area contributed by atoms with E-state index in [1.54, 1.807) is 0 Å². The SMILES string of the molecule is C=CCCCCCC[C@H](NC(=O)c1ccc(F)cc1)C(=O)OC. The van der Waals surface area contributed by atoms with E-state index < -0.39 is 23.7 Å². The van der Waals surface area contributed by atoms with Gasteiger partial charge >= 0.3 is 5.97 Å². The summed E-state index contributed by atoms with van der Waals surface area (Å²) in [5.41, 5.74) is 0.311. The average Bonchev–Trinajstić information content (AvgIpc) is 2.56. The van der Waals surface area contributed by atoms with Gasteiger partial charge in [0.15, 0.2) is 0 Å². The number of nitrogens with one attached hydrogen (secondary N) is 1. The van der Waals surface area contributed by atoms with E-state index in [0.29, 0.717) is 12.0 Å². The monoisotopic (exact) mass is 321 g/mol. The van der Waals surface area contributed by atoms with Crippen molar-refractivity contribution in [3.05, 3.63) is 48.3 Å². The third-order valence-corrected chi connectivity index (χ3v) is 3.55. The zero-order valence-corrected chi connectivity index (χ0v) is 13.5. The van der Waals surface area contributed by atoms with E-state index in [2.05, 4.69) is 11.9 Å². The minimum atomic E-state index is -0.683. The normalized spacial score (nSPS) is 11.6. The summed E-state index contributed by atoms with van der Waals surface area (Å²) < 4.78 is 17.6. The number of allylic oxidation sites excluding steroid dienone is 1. The van der Waals surface area contributed by atoms with Crippen molar-refractivity contribution in [2.24, 2.45) is 0 Å². The quantitative estimate of drug-likeness (QED) is 0.407. The van der Waals surface area contributed by atoms with Crippen LogP contribution in [0.3, 0.4) is 0 Å². The molecule has 126 valence electrons. The van der Waals surface area contributed by atoms with Gasteiger partial charge in [-0.3, -0.25) is 4.79 Å². The first kappa shape index (κ1) is 18.9. The fourth-order valence-corrected chi connectivity index (χ4v) is 2.22. The summed E-state index contributed by atoms with van der Waals surface area (Å²) in [6.45, 7) is 3.68. The number of halogens is 1. The van der Waals surface area contributed by atoms with E-state index in [-0.39, 0.29) is 0 Å². The van der Waals surface area contributed by atoms with Crippen LogP contribution in [0, 0.1) is 5.82 Å². The fourth-order valence-electron chi connectivity index (χ4n) is 2.22. The van der Waals surface area contributed by atoms with Crippen LogP contribution >= 0.6 is 0 Å². The van der Waals surface area contributed by atoms with Gasteiger partial charge in [0.2, 0.25) is 0 Å². The number of ether oxygens (including phenoxy) is 1. The van der Waals surface area contributed by atoms with Crippen LogP contribution in [-0.2, 0) is 9.53 Å². The molecule has 1 atom stereocenters. The predicted octanol–water partition coefficient (Wildman–Crippen LogP) is 3.62. The third-order valence-electron chi connectivity index (χ3n) is 3.55. The van der Waals surface area contributed by atoms with E-state index in [9.17, 15) is 14.0 Å². The highest BCUT2D eigenvalue weighted by Gasteiger charge is 2.21. The smallest absolute Gasteiger partial charge is 0.328 e. The van der Waals surface area contributed by atoms with Gasteiger partial charge in [-0.25, -0.2) is 9.18 Å². The Kier molecular flexibility index (Phi) is 8.65. The van der Waals surface area contributed by atoms with Crippen molar-refractivity contribution in [1.29, 1.82) is 0 Å². The molecule has 0 aliphatic heterocycles. The van der Waals surface area contributed by atoms with Crippen molar-refractivity contribution in [3.63, 3.8) is 0 Å². The predicted molar refractivity (Wildman–Crippen MR) is 87.6 cm³/mol. The van der Waals surface area contributed by atoms with Crippen molar-refractivity contribution in [1.82, 2.24) is 5.32 Å². The molecule has 1 amide bonds. The molecule has 0 fully saturated rings. The maximum Gasteiger partial charge on any atom is 0.328 e. The molecule has 0 saturated heterocycles. The van der Waals surface area contributed by atoms with Gasteiger partial charge in [0.1, 0.15) is 11.9 Å². The molecule has 0 bridgehead atoms. The number of carbonyl (C=O) groups is 2. The molecular weight excluding hydrogens is 297 g/mol. The number of hydrogen-bond acceptors (Lipinski definition) is 3. The molecule has 1 aromatic carbocycles. The lowest BCUT2D eigenvalue weighted by Gasteiger charge is -2.16. The standard InChI is InChI=1S/C18H24FNO3/c1-3-4-5-6-7-8-9-16(18(22)23-2)20-17(21)14-10-12-15(19)13-11-14/h3,10-13,16H,1,4-9H2,2H3,(H,20,21)/t16-/m0/s1. The Morgan fingerprint density at radius 1 is 1.22 bits per heavy atom. The van der Waals surface area contributed by atoms with Crippen LogP contribution in [0.5, 0.6) is 0 Å². The summed E-state index contributed by atoms with van der Waals surface area (Å²) in [5, 5.41) is 2.65. The molecule has 0 radical (unpaired) electrons. The average molecular weight is 321 g/mol. The van der Waals surface area contributed by atoms with Crippen molar-refractivity contribution < 1.29 is 18.7 Å². The van der Waals surface area contributed by atoms with Crippen LogP contribution in [0.15, 0.2) is 36.9 Å². The summed E-state index contributed by atoms with van der Waals surface area (Å²) in [6, 6.07) is 4.50. The fraction of sp³-hybridized carbons (Fsp3) is 0.444. The molecule has 0 unspecified atom stereocenters. The summed E-state index contributed by atoms with van der Waals surface area (Å²) >= 11 is 0. The number of hydrogen-bond donors (Lipinski definition) is 1. The number of rotatable bonds is 10. The number of unbranched alkanes of at least 4 members (excludes halogenated alkanes) is 4. The molecule has 5 heteroatoms. The van der Waals surface area contributed by atoms with Gasteiger partial charge < -0.3 is 10.1 Å². The molecule has 1 aromatic rings. The largest absolute Gasteiger partial charge is 0.467 e. The molecule has 1 rings (SSSR count). The Morgan fingerprint density at radius 3 is 2.48 bits per heavy atom. The van der Waals surface area contributed by atoms with Gasteiger partial charge in [-0.2, -0.15) is 0 Å². The third kappa shape index (κ3) is 7.08. The lowest BCUT2D eigenvalue weighted by molar-refractivity contribution is -0.143. The Morgan fingerprint density at radius 2 is 1.87 bits per heavy atom. The maximum absolute atomic E-state index is 12.9. The minimum absolute atomic E-state index is 0.311. The number of benzene rings is 1. The number of esters is 1. The molecule has 0 aromatic heterocycles. The van der Waals surface area contributed by atoms with Crippen LogP contribution in [0.25, 0.3) is 0 Å². The lowest BCUT2D eigenvalue weighted by Crippen LogP contribution is -2.41. The van der Waals surface area contributed by atoms with E-state index >= 15 is 0 Å². The highest BCUT2D eigenvalue weighted by molar-refractivity contribution is 5.96. The minimum Gasteiger partial charge on any atom is -0.467 e. The second-order valence-electron chi connectivity index (χ2n) is 5.34. The van der Waals surface area contributed by atoms with Gasteiger partial charge in [0, 0.05) is 5.56 Å². The highest BCUT2D eigenvalue weighted by Crippen LogP contribution is 2.10. The van der Waals surface area contributed by atoms with E-state index in [0.717, 1.165) is 32.1 Å². The first-order chi connectivity index (χ1) is 11.1. The van der Waals surface area contributed by atoms with Crippen molar-refractivity contribution in [2.75, 3.05) is 7.11 Å². The first-order valence-corrected chi connectivity index (χ1v) is 7.83. The van der Waals surface area contributed by atoms with Gasteiger partial charge in [0.05, 0.1) is 7.11 Å². The molecule has 4 nitrogen and oxygen atoms in total. The summed E-state index contributed by atoms with van der Waals surface area (Å²) in [4.78, 5) is 23.9. The molecular formula is C18H24FNO3. The molecule has 23 heavy (non-hydrogen) atoms. The first-order valence-electron chi connectivity index (χ1n) is 7.83. The van der Waals surface area contributed by atoms with E-state index in [1.165, 1.54) is 31.4 Å². The van der Waals surface area contributed by atoms with Crippen LogP contribution in [0.1, 0.15) is 48.9 Å². The second kappa shape index (κ2) is 10.5. The molecule has 0 spiro atoms. The van der Waals surface area contributed by atoms with Crippen LogP contribution in [0.2, 0.25) is 0 Å². The molecule has 0 heterocycles. The summed E-state index contributed by atoms with van der Waals surface area (Å²) in [7, 11) is 1.30. The number of amides is 1. The van der Waals surface area contributed by atoms with Crippen molar-refractivity contribution in [3.8, 4) is 0 Å². The Labute approximate surface area is 136 Å². The van der Waals surface area contributed by atoms with Crippen LogP contribution in [0.4, 0.5) is 4.39 Å². The Bertz CT molecular complexity index is 514. The van der Waals surface area contributed by atoms with Crippen LogP contribution in [-0.4, -0.2) is 25.0 Å². The van der Waals surface area contributed by atoms with Gasteiger partial charge in [-0.05, 0) is 43.5 Å². The zero-order valence-electron chi connectivity index (χ0n) is 13.5. The maximum atomic E-state index is 12.9. The Balaban J connectivity index is 2.50. The molecule has 0 saturated carbocycles. The van der Waals surface area contributed by atoms with Gasteiger partial charge in [0.25, 0.3) is 5.91 Å². The van der Waals surface area contributed by atoms with E-state index in [4.69, 9.17) is 4.74 Å². The Hall–Kier alpha value is -2.17. The van der Waals surface area contributed by atoms with Crippen LogP contribution < -0.4 is 5.32 Å². The van der Waals surface area contributed by atoms with Gasteiger partial charge in [-0.15, -0.1) is 6.58 Å². The molecule has 1 N–H and O–H groups in total.